The molecule has 2 aromatic rings. The van der Waals surface area contributed by atoms with Crippen molar-refractivity contribution in [1.29, 1.82) is 5.41 Å². The van der Waals surface area contributed by atoms with E-state index in [0.29, 0.717) is 12.4 Å². The molecular formula is C14H13N3O. The molecule has 1 heterocycles. The van der Waals surface area contributed by atoms with Crippen molar-refractivity contribution >= 4 is 5.84 Å². The minimum Gasteiger partial charge on any atom is -0.364 e. The number of hydrogen-bond acceptors (Lipinski definition) is 3. The van der Waals surface area contributed by atoms with Crippen LogP contribution in [0.2, 0.25) is 0 Å². The maximum atomic E-state index is 7.98. The summed E-state index contributed by atoms with van der Waals surface area (Å²) in [4.78, 5) is 1.71. The maximum Gasteiger partial charge on any atom is 0.128 e. The molecule has 0 saturated carbocycles. The molecule has 0 fully saturated rings. The molecule has 0 amide bonds. The standard InChI is InChI=1S/C14H13N3O/c1-3-9-17(2)14(15)12-6-4-11(5-7-12)13-8-10-18-16-13/h1,4-8,10,15H,9H2,2H3. The van der Waals surface area contributed by atoms with E-state index in [1.54, 1.807) is 18.0 Å². The molecule has 4 heteroatoms. The van der Waals surface area contributed by atoms with Crippen LogP contribution >= 0.6 is 0 Å². The fraction of sp³-hybridized carbons (Fsp3) is 0.143. The van der Waals surface area contributed by atoms with Crippen molar-refractivity contribution in [3.05, 3.63) is 42.2 Å². The zero-order chi connectivity index (χ0) is 13.0. The number of benzene rings is 1. The normalized spacial score (nSPS) is 9.78. The second-order valence-corrected chi connectivity index (χ2v) is 3.87. The van der Waals surface area contributed by atoms with Gasteiger partial charge in [-0.3, -0.25) is 5.41 Å². The van der Waals surface area contributed by atoms with E-state index in [2.05, 4.69) is 11.1 Å². The molecule has 0 radical (unpaired) electrons. The molecule has 18 heavy (non-hydrogen) atoms. The summed E-state index contributed by atoms with van der Waals surface area (Å²) in [7, 11) is 1.80. The van der Waals surface area contributed by atoms with Crippen molar-refractivity contribution in [2.45, 2.75) is 0 Å². The zero-order valence-corrected chi connectivity index (χ0v) is 10.1. The van der Waals surface area contributed by atoms with Crippen LogP contribution in [0.3, 0.4) is 0 Å². The Morgan fingerprint density at radius 1 is 1.39 bits per heavy atom. The first kappa shape index (κ1) is 11.9. The van der Waals surface area contributed by atoms with E-state index in [0.717, 1.165) is 16.8 Å². The SMILES string of the molecule is C#CCN(C)C(=N)c1ccc(-c2ccon2)cc1. The van der Waals surface area contributed by atoms with Gasteiger partial charge in [0.1, 0.15) is 17.8 Å². The van der Waals surface area contributed by atoms with E-state index in [-0.39, 0.29) is 0 Å². The van der Waals surface area contributed by atoms with Crippen LogP contribution in [0, 0.1) is 17.8 Å². The molecule has 2 rings (SSSR count). The maximum absolute atomic E-state index is 7.98. The second-order valence-electron chi connectivity index (χ2n) is 3.87. The van der Waals surface area contributed by atoms with Gasteiger partial charge in [-0.25, -0.2) is 0 Å². The summed E-state index contributed by atoms with van der Waals surface area (Å²) in [5.41, 5.74) is 2.56. The highest BCUT2D eigenvalue weighted by Gasteiger charge is 2.07. The highest BCUT2D eigenvalue weighted by atomic mass is 16.5. The van der Waals surface area contributed by atoms with Gasteiger partial charge in [-0.1, -0.05) is 35.3 Å². The number of hydrogen-bond donors (Lipinski definition) is 1. The van der Waals surface area contributed by atoms with Crippen LogP contribution in [0.25, 0.3) is 11.3 Å². The molecule has 90 valence electrons. The Hall–Kier alpha value is -2.54. The molecule has 0 spiro atoms. The third-order valence-electron chi connectivity index (χ3n) is 2.60. The van der Waals surface area contributed by atoms with Crippen LogP contribution < -0.4 is 0 Å². The molecule has 1 aromatic carbocycles. The number of amidine groups is 1. The van der Waals surface area contributed by atoms with Gasteiger partial charge in [0.25, 0.3) is 0 Å². The summed E-state index contributed by atoms with van der Waals surface area (Å²) in [5, 5.41) is 11.8. The summed E-state index contributed by atoms with van der Waals surface area (Å²) in [6.07, 6.45) is 6.76. The van der Waals surface area contributed by atoms with Gasteiger partial charge in [-0.15, -0.1) is 6.42 Å². The average Bonchev–Trinajstić information content (AvgIpc) is 2.92. The molecule has 0 bridgehead atoms. The molecule has 0 saturated heterocycles. The van der Waals surface area contributed by atoms with E-state index in [4.69, 9.17) is 16.4 Å². The van der Waals surface area contributed by atoms with Gasteiger partial charge in [-0.05, 0) is 0 Å². The van der Waals surface area contributed by atoms with Crippen molar-refractivity contribution in [3.63, 3.8) is 0 Å². The lowest BCUT2D eigenvalue weighted by atomic mass is 10.1. The Kier molecular flexibility index (Phi) is 3.44. The van der Waals surface area contributed by atoms with Gasteiger partial charge in [0.2, 0.25) is 0 Å². The van der Waals surface area contributed by atoms with Crippen LogP contribution in [0.15, 0.2) is 41.1 Å². The van der Waals surface area contributed by atoms with Crippen molar-refractivity contribution in [2.24, 2.45) is 0 Å². The Labute approximate surface area is 106 Å². The monoisotopic (exact) mass is 239 g/mol. The molecule has 1 N–H and O–H groups in total. The Balaban J connectivity index is 2.18. The molecular weight excluding hydrogens is 226 g/mol. The van der Waals surface area contributed by atoms with Crippen molar-refractivity contribution < 1.29 is 4.52 Å². The van der Waals surface area contributed by atoms with Crippen LogP contribution in [0.1, 0.15) is 5.56 Å². The average molecular weight is 239 g/mol. The molecule has 0 aliphatic rings. The fourth-order valence-electron chi connectivity index (χ4n) is 1.60. The Morgan fingerprint density at radius 2 is 2.11 bits per heavy atom. The van der Waals surface area contributed by atoms with Gasteiger partial charge in [0, 0.05) is 24.2 Å². The smallest absolute Gasteiger partial charge is 0.128 e. The number of terminal acetylenes is 1. The molecule has 0 unspecified atom stereocenters. The van der Waals surface area contributed by atoms with E-state index in [1.807, 2.05) is 24.3 Å². The number of nitrogens with zero attached hydrogens (tertiary/aromatic N) is 2. The summed E-state index contributed by atoms with van der Waals surface area (Å²) in [6, 6.07) is 9.36. The van der Waals surface area contributed by atoms with Gasteiger partial charge in [-0.2, -0.15) is 0 Å². The summed E-state index contributed by atoms with van der Waals surface area (Å²) in [6.45, 7) is 0.421. The van der Waals surface area contributed by atoms with Crippen LogP contribution in [-0.2, 0) is 0 Å². The first-order valence-electron chi connectivity index (χ1n) is 5.46. The number of rotatable bonds is 3. The summed E-state index contributed by atoms with van der Waals surface area (Å²) < 4.78 is 4.79. The quantitative estimate of drug-likeness (QED) is 0.507. The molecule has 0 aliphatic heterocycles. The third kappa shape index (κ3) is 2.41. The molecule has 0 aliphatic carbocycles. The van der Waals surface area contributed by atoms with Crippen molar-refractivity contribution in [1.82, 2.24) is 10.1 Å². The van der Waals surface area contributed by atoms with Crippen molar-refractivity contribution in [2.75, 3.05) is 13.6 Å². The Morgan fingerprint density at radius 3 is 2.67 bits per heavy atom. The Bertz CT molecular complexity index is 564. The largest absolute Gasteiger partial charge is 0.364 e. The third-order valence-corrected chi connectivity index (χ3v) is 2.60. The van der Waals surface area contributed by atoms with Gasteiger partial charge < -0.3 is 9.42 Å². The number of nitrogens with one attached hydrogen (secondary N) is 1. The van der Waals surface area contributed by atoms with Crippen molar-refractivity contribution in [3.8, 4) is 23.6 Å². The van der Waals surface area contributed by atoms with E-state index in [1.165, 1.54) is 6.26 Å². The zero-order valence-electron chi connectivity index (χ0n) is 10.1. The minimum atomic E-state index is 0.402. The lowest BCUT2D eigenvalue weighted by molar-refractivity contribution is 0.422. The highest BCUT2D eigenvalue weighted by molar-refractivity contribution is 5.96. The van der Waals surface area contributed by atoms with Gasteiger partial charge in [0.05, 0.1) is 6.54 Å². The second kappa shape index (κ2) is 5.19. The first-order valence-corrected chi connectivity index (χ1v) is 5.46. The fourth-order valence-corrected chi connectivity index (χ4v) is 1.60. The predicted octanol–water partition coefficient (Wildman–Crippen LogP) is 2.23. The van der Waals surface area contributed by atoms with Crippen LogP contribution in [0.4, 0.5) is 0 Å². The molecule has 4 nitrogen and oxygen atoms in total. The first-order chi connectivity index (χ1) is 8.72. The lowest BCUT2D eigenvalue weighted by Crippen LogP contribution is -2.26. The lowest BCUT2D eigenvalue weighted by Gasteiger charge is -2.17. The van der Waals surface area contributed by atoms with Crippen LogP contribution in [-0.4, -0.2) is 29.5 Å². The molecule has 0 atom stereocenters. The summed E-state index contributed by atoms with van der Waals surface area (Å²) >= 11 is 0. The molecule has 1 aromatic heterocycles. The van der Waals surface area contributed by atoms with E-state index < -0.39 is 0 Å². The van der Waals surface area contributed by atoms with Crippen LogP contribution in [0.5, 0.6) is 0 Å². The minimum absolute atomic E-state index is 0.402. The highest BCUT2D eigenvalue weighted by Crippen LogP contribution is 2.17. The van der Waals surface area contributed by atoms with Gasteiger partial charge in [0.15, 0.2) is 0 Å². The van der Waals surface area contributed by atoms with Gasteiger partial charge >= 0.3 is 0 Å². The topological polar surface area (TPSA) is 53.1 Å². The van der Waals surface area contributed by atoms with E-state index in [9.17, 15) is 0 Å². The van der Waals surface area contributed by atoms with E-state index >= 15 is 0 Å². The summed E-state index contributed by atoms with van der Waals surface area (Å²) in [5.74, 6) is 2.92. The predicted molar refractivity (Wildman–Crippen MR) is 70.2 cm³/mol. The number of aromatic nitrogens is 1.